The highest BCUT2D eigenvalue weighted by molar-refractivity contribution is 6.30. The van der Waals surface area contributed by atoms with E-state index < -0.39 is 0 Å². The first-order valence-corrected chi connectivity index (χ1v) is 8.60. The molecule has 2 rings (SSSR count). The smallest absolute Gasteiger partial charge is 0.125 e. The van der Waals surface area contributed by atoms with Gasteiger partial charge in [-0.1, -0.05) is 38.3 Å². The molecule has 0 bridgehead atoms. The van der Waals surface area contributed by atoms with Crippen molar-refractivity contribution in [1.29, 1.82) is 0 Å². The van der Waals surface area contributed by atoms with E-state index in [1.165, 1.54) is 36.8 Å². The molecule has 21 heavy (non-hydrogen) atoms. The van der Waals surface area contributed by atoms with Crippen molar-refractivity contribution in [3.8, 4) is 5.75 Å². The van der Waals surface area contributed by atoms with Crippen LogP contribution in [0, 0.1) is 5.41 Å². The van der Waals surface area contributed by atoms with Gasteiger partial charge in [0.1, 0.15) is 5.75 Å². The third-order valence-corrected chi connectivity index (χ3v) is 4.97. The fraction of sp³-hybridized carbons (Fsp3) is 0.667. The summed E-state index contributed by atoms with van der Waals surface area (Å²) in [6.07, 6.45) is 6.99. The van der Waals surface area contributed by atoms with Crippen molar-refractivity contribution in [1.82, 2.24) is 5.32 Å². The summed E-state index contributed by atoms with van der Waals surface area (Å²) in [5.74, 6) is 1.10. The molecule has 1 unspecified atom stereocenters. The minimum Gasteiger partial charge on any atom is -0.493 e. The normalized spacial score (nSPS) is 16.4. The summed E-state index contributed by atoms with van der Waals surface area (Å²) < 4.78 is 5.88. The van der Waals surface area contributed by atoms with E-state index in [-0.39, 0.29) is 0 Å². The number of hydrogen-bond acceptors (Lipinski definition) is 2. The monoisotopic (exact) mass is 309 g/mol. The molecule has 0 amide bonds. The lowest BCUT2D eigenvalue weighted by Gasteiger charge is -2.33. The average molecular weight is 310 g/mol. The molecule has 1 aliphatic rings. The first-order chi connectivity index (χ1) is 10.1. The number of unbranched alkanes of at least 4 members (excludes halogenated alkanes) is 1. The van der Waals surface area contributed by atoms with E-state index in [1.807, 2.05) is 0 Å². The predicted molar refractivity (Wildman–Crippen MR) is 90.5 cm³/mol. The predicted octanol–water partition coefficient (Wildman–Crippen LogP) is 4.62. The molecule has 0 aliphatic carbocycles. The Morgan fingerprint density at radius 1 is 1.33 bits per heavy atom. The zero-order chi connectivity index (χ0) is 15.3. The Kier molecular flexibility index (Phi) is 5.95. The Morgan fingerprint density at radius 3 is 2.81 bits per heavy atom. The third kappa shape index (κ3) is 3.92. The summed E-state index contributed by atoms with van der Waals surface area (Å²) >= 11 is 6.31. The Labute approximate surface area is 134 Å². The Hall–Kier alpha value is -0.730. The van der Waals surface area contributed by atoms with Crippen LogP contribution in [0.25, 0.3) is 0 Å². The van der Waals surface area contributed by atoms with Crippen LogP contribution < -0.4 is 10.1 Å². The van der Waals surface area contributed by atoms with Gasteiger partial charge in [0.05, 0.1) is 6.61 Å². The number of nitrogens with one attached hydrogen (secondary N) is 1. The lowest BCUT2D eigenvalue weighted by molar-refractivity contribution is 0.231. The van der Waals surface area contributed by atoms with E-state index in [4.69, 9.17) is 16.3 Å². The molecule has 0 saturated carbocycles. The molecule has 0 aromatic heterocycles. The number of benzene rings is 1. The Morgan fingerprint density at radius 2 is 2.14 bits per heavy atom. The fourth-order valence-electron chi connectivity index (χ4n) is 3.47. The van der Waals surface area contributed by atoms with Crippen LogP contribution in [0.1, 0.15) is 50.7 Å². The van der Waals surface area contributed by atoms with Crippen molar-refractivity contribution in [3.63, 3.8) is 0 Å². The Bertz CT molecular complexity index is 475. The average Bonchev–Trinajstić information content (AvgIpc) is 2.93. The molecule has 0 radical (unpaired) electrons. The summed E-state index contributed by atoms with van der Waals surface area (Å²) in [5, 5.41) is 4.24. The highest BCUT2D eigenvalue weighted by Gasteiger charge is 2.30. The molecule has 1 aliphatic heterocycles. The van der Waals surface area contributed by atoms with E-state index >= 15 is 0 Å². The molecule has 2 nitrogen and oxygen atoms in total. The molecule has 1 heterocycles. The van der Waals surface area contributed by atoms with Crippen LogP contribution >= 0.6 is 11.6 Å². The number of hydrogen-bond donors (Lipinski definition) is 1. The number of halogens is 1. The first-order valence-electron chi connectivity index (χ1n) is 8.23. The van der Waals surface area contributed by atoms with Crippen LogP contribution in [-0.2, 0) is 12.8 Å². The molecular formula is C18H28ClNO. The SMILES string of the molecule is CCCCC(CC)(CNC)Cc1cc(Cl)cc2c1OCC2. The number of rotatable bonds is 8. The maximum Gasteiger partial charge on any atom is 0.125 e. The molecular weight excluding hydrogens is 282 g/mol. The van der Waals surface area contributed by atoms with Gasteiger partial charge in [-0.15, -0.1) is 0 Å². The summed E-state index contributed by atoms with van der Waals surface area (Å²) in [6.45, 7) is 6.41. The highest BCUT2D eigenvalue weighted by atomic mass is 35.5. The standard InChI is InChI=1S/C18H28ClNO/c1-4-6-8-18(5-2,13-20-3)12-15-11-16(19)10-14-7-9-21-17(14)15/h10-11,20H,4-9,12-13H2,1-3H3. The van der Waals surface area contributed by atoms with Crippen LogP contribution in [0.2, 0.25) is 5.02 Å². The summed E-state index contributed by atoms with van der Waals surface area (Å²) in [4.78, 5) is 0. The molecule has 3 heteroatoms. The molecule has 1 N–H and O–H groups in total. The van der Waals surface area contributed by atoms with Gasteiger partial charge in [0.25, 0.3) is 0 Å². The van der Waals surface area contributed by atoms with Gasteiger partial charge in [0, 0.05) is 18.0 Å². The number of ether oxygens (including phenoxy) is 1. The van der Waals surface area contributed by atoms with Crippen LogP contribution in [0.15, 0.2) is 12.1 Å². The van der Waals surface area contributed by atoms with Gasteiger partial charge in [0.2, 0.25) is 0 Å². The largest absolute Gasteiger partial charge is 0.493 e. The van der Waals surface area contributed by atoms with Crippen LogP contribution in [0.4, 0.5) is 0 Å². The summed E-state index contributed by atoms with van der Waals surface area (Å²) in [5.41, 5.74) is 2.88. The molecule has 0 saturated heterocycles. The fourth-order valence-corrected chi connectivity index (χ4v) is 3.74. The van der Waals surface area contributed by atoms with Gasteiger partial charge in [0.15, 0.2) is 0 Å². The van der Waals surface area contributed by atoms with Crippen LogP contribution in [0.3, 0.4) is 0 Å². The van der Waals surface area contributed by atoms with E-state index in [9.17, 15) is 0 Å². The van der Waals surface area contributed by atoms with Gasteiger partial charge in [-0.3, -0.25) is 0 Å². The molecule has 118 valence electrons. The van der Waals surface area contributed by atoms with Crippen molar-refractivity contribution in [2.24, 2.45) is 5.41 Å². The van der Waals surface area contributed by atoms with Crippen molar-refractivity contribution < 1.29 is 4.74 Å². The van der Waals surface area contributed by atoms with Crippen LogP contribution in [0.5, 0.6) is 5.75 Å². The minimum atomic E-state index is 0.301. The molecule has 1 aromatic carbocycles. The molecule has 0 fully saturated rings. The lowest BCUT2D eigenvalue weighted by Crippen LogP contribution is -2.34. The van der Waals surface area contributed by atoms with Gasteiger partial charge in [-0.25, -0.2) is 0 Å². The lowest BCUT2D eigenvalue weighted by atomic mass is 9.75. The maximum absolute atomic E-state index is 6.31. The van der Waals surface area contributed by atoms with Crippen LogP contribution in [-0.4, -0.2) is 20.2 Å². The second-order valence-corrected chi connectivity index (χ2v) is 6.75. The second-order valence-electron chi connectivity index (χ2n) is 6.32. The topological polar surface area (TPSA) is 21.3 Å². The minimum absolute atomic E-state index is 0.301. The van der Waals surface area contributed by atoms with E-state index in [0.717, 1.165) is 36.8 Å². The summed E-state index contributed by atoms with van der Waals surface area (Å²) in [6, 6.07) is 4.17. The van der Waals surface area contributed by atoms with E-state index in [2.05, 4.69) is 38.3 Å². The molecule has 1 aromatic rings. The highest BCUT2D eigenvalue weighted by Crippen LogP contribution is 2.39. The third-order valence-electron chi connectivity index (χ3n) is 4.75. The van der Waals surface area contributed by atoms with Crippen molar-refractivity contribution in [2.45, 2.75) is 52.4 Å². The van der Waals surface area contributed by atoms with Gasteiger partial charge < -0.3 is 10.1 Å². The van der Waals surface area contributed by atoms with Crippen molar-refractivity contribution in [2.75, 3.05) is 20.2 Å². The van der Waals surface area contributed by atoms with Gasteiger partial charge in [-0.2, -0.15) is 0 Å². The Balaban J connectivity index is 2.27. The summed E-state index contributed by atoms with van der Waals surface area (Å²) in [7, 11) is 2.05. The first kappa shape index (κ1) is 16.6. The zero-order valence-corrected chi connectivity index (χ0v) is 14.4. The quantitative estimate of drug-likeness (QED) is 0.756. The van der Waals surface area contributed by atoms with Gasteiger partial charge >= 0.3 is 0 Å². The van der Waals surface area contributed by atoms with Gasteiger partial charge in [-0.05, 0) is 55.0 Å². The van der Waals surface area contributed by atoms with E-state index in [0.29, 0.717) is 5.41 Å². The zero-order valence-electron chi connectivity index (χ0n) is 13.6. The van der Waals surface area contributed by atoms with Crippen molar-refractivity contribution in [3.05, 3.63) is 28.3 Å². The maximum atomic E-state index is 6.31. The molecule has 1 atom stereocenters. The van der Waals surface area contributed by atoms with E-state index in [1.54, 1.807) is 0 Å². The number of fused-ring (bicyclic) bond motifs is 1. The van der Waals surface area contributed by atoms with Crippen molar-refractivity contribution >= 4 is 11.6 Å². The molecule has 0 spiro atoms. The second kappa shape index (κ2) is 7.51.